The molecule has 0 amide bonds. The molecule has 1 heterocycles. The molecule has 0 atom stereocenters. The maximum absolute atomic E-state index is 11.7. The van der Waals surface area contributed by atoms with Gasteiger partial charge in [0.1, 0.15) is 5.69 Å². The minimum Gasteiger partial charge on any atom is -0.298 e. The largest absolute Gasteiger partial charge is 0.298 e. The van der Waals surface area contributed by atoms with Crippen LogP contribution in [0.15, 0.2) is 66.9 Å². The normalized spacial score (nSPS) is 12.6. The summed E-state index contributed by atoms with van der Waals surface area (Å²) in [5.41, 5.74) is 6.12. The van der Waals surface area contributed by atoms with Crippen LogP contribution in [0.1, 0.15) is 21.5 Å². The van der Waals surface area contributed by atoms with Gasteiger partial charge in [-0.25, -0.2) is 4.68 Å². The third kappa shape index (κ3) is 2.13. The van der Waals surface area contributed by atoms with Crippen LogP contribution >= 0.6 is 0 Å². The van der Waals surface area contributed by atoms with E-state index in [1.54, 1.807) is 10.9 Å². The zero-order valence-corrected chi connectivity index (χ0v) is 13.6. The van der Waals surface area contributed by atoms with Gasteiger partial charge >= 0.3 is 0 Å². The second-order valence-electron chi connectivity index (χ2n) is 6.44. The van der Waals surface area contributed by atoms with Gasteiger partial charge in [0.15, 0.2) is 6.29 Å². The number of benzene rings is 3. The van der Waals surface area contributed by atoms with Gasteiger partial charge in [-0.1, -0.05) is 48.5 Å². The van der Waals surface area contributed by atoms with Crippen molar-refractivity contribution < 1.29 is 4.79 Å². The zero-order chi connectivity index (χ0) is 16.8. The Kier molecular flexibility index (Phi) is 3.07. The molecule has 0 unspecified atom stereocenters. The van der Waals surface area contributed by atoms with Crippen molar-refractivity contribution in [2.24, 2.45) is 0 Å². The molecule has 3 heteroatoms. The second-order valence-corrected chi connectivity index (χ2v) is 6.44. The fourth-order valence-electron chi connectivity index (χ4n) is 3.85. The van der Waals surface area contributed by atoms with E-state index < -0.39 is 0 Å². The first-order valence-corrected chi connectivity index (χ1v) is 8.49. The molecule has 0 aliphatic heterocycles. The molecule has 0 saturated carbocycles. The Labute approximate surface area is 145 Å². The number of nitrogens with zero attached hydrogens (tertiary/aromatic N) is 2. The lowest BCUT2D eigenvalue weighted by molar-refractivity contribution is 0.112. The average Bonchev–Trinajstić information content (AvgIpc) is 3.29. The van der Waals surface area contributed by atoms with E-state index in [0.717, 1.165) is 36.1 Å². The van der Waals surface area contributed by atoms with E-state index in [-0.39, 0.29) is 0 Å². The predicted molar refractivity (Wildman–Crippen MR) is 99.3 cm³/mol. The van der Waals surface area contributed by atoms with Crippen LogP contribution in [-0.4, -0.2) is 16.1 Å². The number of rotatable bonds is 3. The summed E-state index contributed by atoms with van der Waals surface area (Å²) in [7, 11) is 0. The van der Waals surface area contributed by atoms with Gasteiger partial charge in [0, 0.05) is 11.8 Å². The van der Waals surface area contributed by atoms with Gasteiger partial charge in [-0.05, 0) is 46.9 Å². The molecular formula is C22H16N2O. The van der Waals surface area contributed by atoms with Crippen molar-refractivity contribution in [1.29, 1.82) is 0 Å². The Morgan fingerprint density at radius 2 is 1.68 bits per heavy atom. The Hall–Kier alpha value is -3.20. The highest BCUT2D eigenvalue weighted by Crippen LogP contribution is 2.37. The number of carbonyl (C=O) groups is 1. The van der Waals surface area contributed by atoms with E-state index in [1.807, 2.05) is 30.3 Å². The maximum Gasteiger partial charge on any atom is 0.153 e. The van der Waals surface area contributed by atoms with Gasteiger partial charge < -0.3 is 0 Å². The number of hydrogen-bond donors (Lipinski definition) is 0. The lowest BCUT2D eigenvalue weighted by Gasteiger charge is -2.08. The summed E-state index contributed by atoms with van der Waals surface area (Å²) in [6.45, 7) is 0. The summed E-state index contributed by atoms with van der Waals surface area (Å²) in [5, 5.41) is 7.26. The first kappa shape index (κ1) is 14.2. The standard InChI is InChI=1S/C22H16N2O/c25-14-17-13-24(18-6-2-1-3-7-18)23-22(17)20-12-11-16-10-9-15-5-4-8-19(20)21(15)16/h1-8,11-14H,9-10H2. The Morgan fingerprint density at radius 1 is 0.880 bits per heavy atom. The minimum absolute atomic E-state index is 0.613. The van der Waals surface area contributed by atoms with E-state index in [1.165, 1.54) is 21.9 Å². The molecule has 0 N–H and O–H groups in total. The average molecular weight is 324 g/mol. The summed E-state index contributed by atoms with van der Waals surface area (Å²) in [4.78, 5) is 11.7. The zero-order valence-electron chi connectivity index (χ0n) is 13.6. The topological polar surface area (TPSA) is 34.9 Å². The monoisotopic (exact) mass is 324 g/mol. The number of aromatic nitrogens is 2. The first-order chi connectivity index (χ1) is 12.3. The quantitative estimate of drug-likeness (QED) is 0.516. The highest BCUT2D eigenvalue weighted by atomic mass is 16.1. The van der Waals surface area contributed by atoms with Gasteiger partial charge in [-0.15, -0.1) is 0 Å². The molecule has 120 valence electrons. The van der Waals surface area contributed by atoms with E-state index in [0.29, 0.717) is 5.56 Å². The molecule has 5 rings (SSSR count). The molecule has 25 heavy (non-hydrogen) atoms. The van der Waals surface area contributed by atoms with Crippen molar-refractivity contribution in [2.75, 3.05) is 0 Å². The number of carbonyl (C=O) groups excluding carboxylic acids is 1. The van der Waals surface area contributed by atoms with Gasteiger partial charge in [0.25, 0.3) is 0 Å². The Morgan fingerprint density at radius 3 is 2.48 bits per heavy atom. The molecule has 0 saturated heterocycles. The minimum atomic E-state index is 0.613. The van der Waals surface area contributed by atoms with E-state index in [2.05, 4.69) is 30.3 Å². The van der Waals surface area contributed by atoms with Crippen molar-refractivity contribution in [3.8, 4) is 16.9 Å². The molecule has 4 aromatic rings. The van der Waals surface area contributed by atoms with E-state index in [4.69, 9.17) is 5.10 Å². The van der Waals surface area contributed by atoms with Gasteiger partial charge in [0.2, 0.25) is 0 Å². The number of para-hydroxylation sites is 1. The van der Waals surface area contributed by atoms with Crippen molar-refractivity contribution in [3.05, 3.63) is 83.6 Å². The second kappa shape index (κ2) is 5.42. The molecule has 0 spiro atoms. The molecule has 3 nitrogen and oxygen atoms in total. The molecule has 1 aliphatic rings. The van der Waals surface area contributed by atoms with E-state index >= 15 is 0 Å². The number of aryl methyl sites for hydroxylation is 2. The van der Waals surface area contributed by atoms with Crippen molar-refractivity contribution in [2.45, 2.75) is 12.8 Å². The van der Waals surface area contributed by atoms with Crippen LogP contribution in [-0.2, 0) is 12.8 Å². The first-order valence-electron chi connectivity index (χ1n) is 8.49. The molecule has 3 aromatic carbocycles. The third-order valence-electron chi connectivity index (χ3n) is 5.02. The summed E-state index contributed by atoms with van der Waals surface area (Å²) < 4.78 is 1.78. The number of aldehydes is 1. The molecule has 1 aliphatic carbocycles. The van der Waals surface area contributed by atoms with E-state index in [9.17, 15) is 4.79 Å². The van der Waals surface area contributed by atoms with Crippen molar-refractivity contribution in [3.63, 3.8) is 0 Å². The molecule has 1 aromatic heterocycles. The van der Waals surface area contributed by atoms with Crippen LogP contribution < -0.4 is 0 Å². The van der Waals surface area contributed by atoms with Crippen LogP contribution in [0.3, 0.4) is 0 Å². The summed E-state index contributed by atoms with van der Waals surface area (Å²) in [6.07, 6.45) is 4.89. The van der Waals surface area contributed by atoms with Crippen molar-refractivity contribution >= 4 is 17.1 Å². The highest BCUT2D eigenvalue weighted by molar-refractivity contribution is 6.03. The molecule has 0 fully saturated rings. The van der Waals surface area contributed by atoms with Crippen LogP contribution in [0.4, 0.5) is 0 Å². The van der Waals surface area contributed by atoms with Crippen LogP contribution in [0.25, 0.3) is 27.7 Å². The summed E-state index contributed by atoms with van der Waals surface area (Å²) >= 11 is 0. The SMILES string of the molecule is O=Cc1cn(-c2ccccc2)nc1-c1ccc2c3c(cccc13)CC2. The highest BCUT2D eigenvalue weighted by Gasteiger charge is 2.19. The number of hydrogen-bond acceptors (Lipinski definition) is 2. The van der Waals surface area contributed by atoms with Crippen molar-refractivity contribution in [1.82, 2.24) is 9.78 Å². The van der Waals surface area contributed by atoms with Crippen LogP contribution in [0, 0.1) is 0 Å². The molecule has 0 bridgehead atoms. The fourth-order valence-corrected chi connectivity index (χ4v) is 3.85. The summed E-state index contributed by atoms with van der Waals surface area (Å²) in [6, 6.07) is 20.6. The smallest absolute Gasteiger partial charge is 0.153 e. The lowest BCUT2D eigenvalue weighted by atomic mass is 9.97. The van der Waals surface area contributed by atoms with Gasteiger partial charge in [-0.2, -0.15) is 5.10 Å². The van der Waals surface area contributed by atoms with Gasteiger partial charge in [-0.3, -0.25) is 4.79 Å². The fraction of sp³-hybridized carbons (Fsp3) is 0.0909. The maximum atomic E-state index is 11.7. The third-order valence-corrected chi connectivity index (χ3v) is 5.02. The van der Waals surface area contributed by atoms with Crippen LogP contribution in [0.5, 0.6) is 0 Å². The predicted octanol–water partition coefficient (Wildman–Crippen LogP) is 4.60. The Balaban J connectivity index is 1.76. The summed E-state index contributed by atoms with van der Waals surface area (Å²) in [5.74, 6) is 0. The molecular weight excluding hydrogens is 308 g/mol. The lowest BCUT2D eigenvalue weighted by Crippen LogP contribution is -1.94. The van der Waals surface area contributed by atoms with Gasteiger partial charge in [0.05, 0.1) is 11.3 Å². The Bertz CT molecular complexity index is 1100. The van der Waals surface area contributed by atoms with Crippen LogP contribution in [0.2, 0.25) is 0 Å². The molecule has 0 radical (unpaired) electrons.